The molecule has 1 unspecified atom stereocenters. The van der Waals surface area contributed by atoms with E-state index in [1.165, 1.54) is 12.1 Å². The highest BCUT2D eigenvalue weighted by Crippen LogP contribution is 2.14. The van der Waals surface area contributed by atoms with E-state index >= 15 is 0 Å². The van der Waals surface area contributed by atoms with E-state index in [-0.39, 0.29) is 11.9 Å². The number of benzene rings is 2. The minimum atomic E-state index is -0.266. The number of thiocarbonyl (C=S) groups is 1. The lowest BCUT2D eigenvalue weighted by atomic mass is 10.1. The second-order valence-corrected chi connectivity index (χ2v) is 5.99. The summed E-state index contributed by atoms with van der Waals surface area (Å²) in [6, 6.07) is 13.7. The van der Waals surface area contributed by atoms with Crippen LogP contribution in [-0.2, 0) is 0 Å². The molecule has 0 heterocycles. The van der Waals surface area contributed by atoms with E-state index in [2.05, 4.69) is 33.1 Å². The third-order valence-corrected chi connectivity index (χ3v) is 3.40. The maximum absolute atomic E-state index is 13.0. The first kappa shape index (κ1) is 15.7. The van der Waals surface area contributed by atoms with Gasteiger partial charge in [-0.05, 0) is 48.9 Å². The molecule has 106 valence electrons. The summed E-state index contributed by atoms with van der Waals surface area (Å²) in [4.78, 5) is 0.648. The van der Waals surface area contributed by atoms with Gasteiger partial charge in [-0.2, -0.15) is 0 Å². The molecule has 0 saturated heterocycles. The van der Waals surface area contributed by atoms with Crippen molar-refractivity contribution in [2.75, 3.05) is 0 Å². The fourth-order valence-corrected chi connectivity index (χ4v) is 2.13. The van der Waals surface area contributed by atoms with Crippen LogP contribution in [0.1, 0.15) is 24.1 Å². The van der Waals surface area contributed by atoms with Crippen molar-refractivity contribution in [1.82, 2.24) is 5.32 Å². The van der Waals surface area contributed by atoms with Crippen molar-refractivity contribution in [1.29, 1.82) is 0 Å². The van der Waals surface area contributed by atoms with Crippen LogP contribution in [-0.4, -0.2) is 4.99 Å². The third-order valence-electron chi connectivity index (χ3n) is 2.76. The van der Waals surface area contributed by atoms with Gasteiger partial charge in [-0.1, -0.05) is 52.1 Å². The molecule has 4 heteroatoms. The Kier molecular flexibility index (Phi) is 5.49. The molecule has 0 aliphatic rings. The molecule has 0 radical (unpaired) electrons. The molecule has 1 nitrogen and oxygen atoms in total. The molecule has 0 fully saturated rings. The second-order valence-electron chi connectivity index (χ2n) is 4.46. The van der Waals surface area contributed by atoms with Crippen LogP contribution in [0.2, 0.25) is 0 Å². The standard InChI is InChI=1S/C17H13BrFNS/c1-12(21)20-17(14-5-9-16(19)10-6-14)11-4-13-2-7-15(18)8-3-13/h2-3,5-10,17H,1H3,(H,20,21). The van der Waals surface area contributed by atoms with Gasteiger partial charge in [0, 0.05) is 10.0 Å². The van der Waals surface area contributed by atoms with Crippen LogP contribution < -0.4 is 5.32 Å². The van der Waals surface area contributed by atoms with Crippen molar-refractivity contribution >= 4 is 33.1 Å². The molecule has 1 atom stereocenters. The Bertz CT molecular complexity index is 683. The van der Waals surface area contributed by atoms with Crippen LogP contribution in [0.5, 0.6) is 0 Å². The predicted octanol–water partition coefficient (Wildman–Crippen LogP) is 4.62. The molecule has 0 bridgehead atoms. The zero-order chi connectivity index (χ0) is 15.2. The lowest BCUT2D eigenvalue weighted by molar-refractivity contribution is 0.626. The van der Waals surface area contributed by atoms with Crippen molar-refractivity contribution in [3.63, 3.8) is 0 Å². The molecule has 2 aromatic carbocycles. The molecular formula is C17H13BrFNS. The molecule has 21 heavy (non-hydrogen) atoms. The van der Waals surface area contributed by atoms with Gasteiger partial charge >= 0.3 is 0 Å². The summed E-state index contributed by atoms with van der Waals surface area (Å²) in [6.45, 7) is 1.80. The molecule has 0 spiro atoms. The van der Waals surface area contributed by atoms with Gasteiger partial charge in [-0.25, -0.2) is 4.39 Å². The van der Waals surface area contributed by atoms with Gasteiger partial charge in [0.15, 0.2) is 0 Å². The Morgan fingerprint density at radius 2 is 1.76 bits per heavy atom. The van der Waals surface area contributed by atoms with E-state index < -0.39 is 0 Å². The number of halogens is 2. The molecular weight excluding hydrogens is 349 g/mol. The van der Waals surface area contributed by atoms with Crippen molar-refractivity contribution in [3.8, 4) is 11.8 Å². The van der Waals surface area contributed by atoms with E-state index in [4.69, 9.17) is 12.2 Å². The number of hydrogen-bond donors (Lipinski definition) is 1. The molecule has 1 N–H and O–H groups in total. The minimum absolute atomic E-state index is 0.258. The fraction of sp³-hybridized carbons (Fsp3) is 0.118. The quantitative estimate of drug-likeness (QED) is 0.618. The number of hydrogen-bond acceptors (Lipinski definition) is 1. The smallest absolute Gasteiger partial charge is 0.123 e. The van der Waals surface area contributed by atoms with Crippen LogP contribution in [0.15, 0.2) is 53.0 Å². The van der Waals surface area contributed by atoms with Crippen molar-refractivity contribution in [3.05, 3.63) is 69.9 Å². The SMILES string of the molecule is CC(=S)NC(C#Cc1ccc(Br)cc1)c1ccc(F)cc1. The Labute approximate surface area is 137 Å². The Morgan fingerprint density at radius 1 is 1.14 bits per heavy atom. The molecule has 0 amide bonds. The monoisotopic (exact) mass is 361 g/mol. The van der Waals surface area contributed by atoms with Crippen LogP contribution >= 0.6 is 28.1 Å². The first-order chi connectivity index (χ1) is 10.0. The average Bonchev–Trinajstić information content (AvgIpc) is 2.46. The Balaban J connectivity index is 2.26. The lowest BCUT2D eigenvalue weighted by Crippen LogP contribution is -2.23. The van der Waals surface area contributed by atoms with Crippen LogP contribution in [0.4, 0.5) is 4.39 Å². The highest BCUT2D eigenvalue weighted by atomic mass is 79.9. The highest BCUT2D eigenvalue weighted by Gasteiger charge is 2.08. The summed E-state index contributed by atoms with van der Waals surface area (Å²) in [6.07, 6.45) is 0. The van der Waals surface area contributed by atoms with Gasteiger partial charge in [0.2, 0.25) is 0 Å². The molecule has 0 aromatic heterocycles. The van der Waals surface area contributed by atoms with E-state index in [9.17, 15) is 4.39 Å². The molecule has 2 aromatic rings. The maximum Gasteiger partial charge on any atom is 0.123 e. The summed E-state index contributed by atoms with van der Waals surface area (Å²) in [5.74, 6) is 5.97. The second kappa shape index (κ2) is 7.35. The lowest BCUT2D eigenvalue weighted by Gasteiger charge is -2.13. The van der Waals surface area contributed by atoms with Crippen molar-refractivity contribution in [2.24, 2.45) is 0 Å². The van der Waals surface area contributed by atoms with Crippen LogP contribution in [0.3, 0.4) is 0 Å². The van der Waals surface area contributed by atoms with E-state index in [1.54, 1.807) is 19.1 Å². The van der Waals surface area contributed by atoms with Gasteiger partial charge in [0.1, 0.15) is 11.9 Å². The molecule has 0 aliphatic heterocycles. The van der Waals surface area contributed by atoms with Gasteiger partial charge in [0.05, 0.1) is 4.99 Å². The largest absolute Gasteiger partial charge is 0.363 e. The zero-order valence-corrected chi connectivity index (χ0v) is 13.8. The van der Waals surface area contributed by atoms with Gasteiger partial charge in [-0.3, -0.25) is 0 Å². The number of rotatable bonds is 2. The highest BCUT2D eigenvalue weighted by molar-refractivity contribution is 9.10. The topological polar surface area (TPSA) is 12.0 Å². The molecule has 0 aliphatic carbocycles. The molecule has 2 rings (SSSR count). The summed E-state index contributed by atoms with van der Waals surface area (Å²) in [5.41, 5.74) is 1.79. The Hall–Kier alpha value is -1.70. The summed E-state index contributed by atoms with van der Waals surface area (Å²) in [5, 5.41) is 3.12. The summed E-state index contributed by atoms with van der Waals surface area (Å²) >= 11 is 8.47. The first-order valence-corrected chi connectivity index (χ1v) is 7.54. The van der Waals surface area contributed by atoms with Crippen molar-refractivity contribution < 1.29 is 4.39 Å². The minimum Gasteiger partial charge on any atom is -0.363 e. The van der Waals surface area contributed by atoms with E-state index in [1.807, 2.05) is 24.3 Å². The summed E-state index contributed by atoms with van der Waals surface area (Å²) < 4.78 is 14.0. The summed E-state index contributed by atoms with van der Waals surface area (Å²) in [7, 11) is 0. The van der Waals surface area contributed by atoms with Gasteiger partial charge < -0.3 is 5.32 Å². The maximum atomic E-state index is 13.0. The average molecular weight is 362 g/mol. The van der Waals surface area contributed by atoms with Crippen molar-refractivity contribution in [2.45, 2.75) is 13.0 Å². The predicted molar refractivity (Wildman–Crippen MR) is 91.6 cm³/mol. The van der Waals surface area contributed by atoms with Crippen LogP contribution in [0, 0.1) is 17.7 Å². The van der Waals surface area contributed by atoms with Gasteiger partial charge in [-0.15, -0.1) is 0 Å². The first-order valence-electron chi connectivity index (χ1n) is 6.34. The van der Waals surface area contributed by atoms with Crippen LogP contribution in [0.25, 0.3) is 0 Å². The van der Waals surface area contributed by atoms with E-state index in [0.29, 0.717) is 4.99 Å². The number of nitrogens with one attached hydrogen (secondary N) is 1. The van der Waals surface area contributed by atoms with E-state index in [0.717, 1.165) is 15.6 Å². The third kappa shape index (κ3) is 4.96. The normalized spacial score (nSPS) is 11.2. The fourth-order valence-electron chi connectivity index (χ4n) is 1.75. The Morgan fingerprint density at radius 3 is 2.33 bits per heavy atom. The zero-order valence-electron chi connectivity index (χ0n) is 11.4. The molecule has 0 saturated carbocycles. The van der Waals surface area contributed by atoms with Gasteiger partial charge in [0.25, 0.3) is 0 Å².